The van der Waals surface area contributed by atoms with Crippen molar-refractivity contribution in [2.24, 2.45) is 0 Å². The van der Waals surface area contributed by atoms with E-state index in [1.165, 1.54) is 0 Å². The third kappa shape index (κ3) is 9.10. The number of carboxylic acid groups (broad SMARTS) is 1. The first-order valence-corrected chi connectivity index (χ1v) is 9.98. The van der Waals surface area contributed by atoms with Crippen molar-refractivity contribution in [2.45, 2.75) is 51.9 Å². The highest BCUT2D eigenvalue weighted by Gasteiger charge is 2.27. The highest BCUT2D eigenvalue weighted by Crippen LogP contribution is 2.12. The van der Waals surface area contributed by atoms with Crippen LogP contribution < -0.4 is 5.32 Å². The maximum atomic E-state index is 11.3. The first-order valence-electron chi connectivity index (χ1n) is 9.98. The van der Waals surface area contributed by atoms with Gasteiger partial charge in [0.15, 0.2) is 0 Å². The third-order valence-electron chi connectivity index (χ3n) is 5.42. The van der Waals surface area contributed by atoms with E-state index in [9.17, 15) is 9.90 Å². The highest BCUT2D eigenvalue weighted by molar-refractivity contribution is 5.69. The molecule has 4 unspecified atom stereocenters. The van der Waals surface area contributed by atoms with E-state index in [4.69, 9.17) is 10.5 Å². The average molecular weight is 407 g/mol. The standard InChI is InChI=1S/C18H38N4O6/c1-14-10-20(5-7-27-25)16(3)11-21(6-8-28-26)17(4)12-22(13-18(23)24)15(2)9-19-14/h14-17,19,25-26H,5-13H2,1-4H3,(H,23,24). The predicted molar refractivity (Wildman–Crippen MR) is 105 cm³/mol. The number of carbonyl (C=O) groups is 1. The van der Waals surface area contributed by atoms with Crippen molar-refractivity contribution >= 4 is 5.97 Å². The summed E-state index contributed by atoms with van der Waals surface area (Å²) in [5.74, 6) is -0.840. The average Bonchev–Trinajstić information content (AvgIpc) is 2.64. The van der Waals surface area contributed by atoms with Crippen molar-refractivity contribution in [2.75, 3.05) is 59.0 Å². The number of aliphatic carboxylic acids is 1. The Morgan fingerprint density at radius 2 is 1.39 bits per heavy atom. The SMILES string of the molecule is CC1CN(CCOO)C(C)CN(CCOO)C(C)CN(CC(=O)O)C(C)CN1. The number of rotatable bonds is 8. The molecule has 4 atom stereocenters. The maximum absolute atomic E-state index is 11.3. The molecule has 0 spiro atoms. The highest BCUT2D eigenvalue weighted by atomic mass is 17.1. The summed E-state index contributed by atoms with van der Waals surface area (Å²) in [6.07, 6.45) is 0. The van der Waals surface area contributed by atoms with E-state index in [2.05, 4.69) is 45.7 Å². The van der Waals surface area contributed by atoms with E-state index < -0.39 is 5.97 Å². The zero-order valence-electron chi connectivity index (χ0n) is 17.6. The van der Waals surface area contributed by atoms with Crippen molar-refractivity contribution in [3.63, 3.8) is 0 Å². The Bertz CT molecular complexity index is 444. The fourth-order valence-corrected chi connectivity index (χ4v) is 3.70. The summed E-state index contributed by atoms with van der Waals surface area (Å²) >= 11 is 0. The predicted octanol–water partition coefficient (Wildman–Crippen LogP) is 0.113. The monoisotopic (exact) mass is 406 g/mol. The summed E-state index contributed by atoms with van der Waals surface area (Å²) in [4.78, 5) is 26.4. The normalized spacial score (nSPS) is 29.9. The van der Waals surface area contributed by atoms with Crippen LogP contribution in [0.3, 0.4) is 0 Å². The van der Waals surface area contributed by atoms with Crippen LogP contribution in [0.4, 0.5) is 0 Å². The van der Waals surface area contributed by atoms with Crippen LogP contribution in [-0.2, 0) is 14.6 Å². The van der Waals surface area contributed by atoms with Crippen molar-refractivity contribution in [3.05, 3.63) is 0 Å². The summed E-state index contributed by atoms with van der Waals surface area (Å²) < 4.78 is 0. The molecule has 166 valence electrons. The Balaban J connectivity index is 3.01. The summed E-state index contributed by atoms with van der Waals surface area (Å²) in [6, 6.07) is 0.502. The van der Waals surface area contributed by atoms with Gasteiger partial charge in [0.1, 0.15) is 0 Å². The zero-order valence-corrected chi connectivity index (χ0v) is 17.6. The lowest BCUT2D eigenvalue weighted by atomic mass is 10.1. The second-order valence-electron chi connectivity index (χ2n) is 7.84. The van der Waals surface area contributed by atoms with Gasteiger partial charge < -0.3 is 10.4 Å². The van der Waals surface area contributed by atoms with Crippen LogP contribution in [0.5, 0.6) is 0 Å². The van der Waals surface area contributed by atoms with Crippen LogP contribution in [0, 0.1) is 0 Å². The second-order valence-corrected chi connectivity index (χ2v) is 7.84. The largest absolute Gasteiger partial charge is 0.480 e. The molecule has 0 aromatic carbocycles. The molecule has 1 rings (SSSR count). The minimum atomic E-state index is -0.840. The van der Waals surface area contributed by atoms with Gasteiger partial charge in [-0.1, -0.05) is 0 Å². The van der Waals surface area contributed by atoms with Crippen molar-refractivity contribution in [3.8, 4) is 0 Å². The minimum absolute atomic E-state index is 0.0125. The van der Waals surface area contributed by atoms with Crippen LogP contribution >= 0.6 is 0 Å². The molecule has 0 radical (unpaired) electrons. The van der Waals surface area contributed by atoms with Gasteiger partial charge in [-0.2, -0.15) is 0 Å². The van der Waals surface area contributed by atoms with Crippen molar-refractivity contribution in [1.82, 2.24) is 20.0 Å². The topological polar surface area (TPSA) is 118 Å². The second kappa shape index (κ2) is 13.4. The molecular weight excluding hydrogens is 368 g/mol. The molecule has 1 aliphatic heterocycles. The number of nitrogens with zero attached hydrogens (tertiary/aromatic N) is 3. The summed E-state index contributed by atoms with van der Waals surface area (Å²) in [5.41, 5.74) is 0. The van der Waals surface area contributed by atoms with Gasteiger partial charge in [-0.3, -0.25) is 30.0 Å². The van der Waals surface area contributed by atoms with Crippen LogP contribution in [0.2, 0.25) is 0 Å². The summed E-state index contributed by atoms with van der Waals surface area (Å²) in [7, 11) is 0. The molecular formula is C18H38N4O6. The quantitative estimate of drug-likeness (QED) is 0.327. The van der Waals surface area contributed by atoms with Gasteiger partial charge in [0.25, 0.3) is 0 Å². The Hall–Kier alpha value is -0.850. The Kier molecular flexibility index (Phi) is 12.0. The molecule has 4 N–H and O–H groups in total. The van der Waals surface area contributed by atoms with E-state index in [0.717, 1.165) is 13.1 Å². The minimum Gasteiger partial charge on any atom is -0.480 e. The summed E-state index contributed by atoms with van der Waals surface area (Å²) in [6.45, 7) is 12.6. The lowest BCUT2D eigenvalue weighted by molar-refractivity contribution is -0.246. The van der Waals surface area contributed by atoms with Gasteiger partial charge in [0.2, 0.25) is 0 Å². The van der Waals surface area contributed by atoms with Gasteiger partial charge >= 0.3 is 5.97 Å². The molecule has 0 aromatic rings. The Morgan fingerprint density at radius 3 is 1.89 bits per heavy atom. The van der Waals surface area contributed by atoms with Crippen LogP contribution in [-0.4, -0.2) is 119 Å². The Labute approximate surface area is 167 Å². The molecule has 1 fully saturated rings. The molecule has 10 heteroatoms. The zero-order chi connectivity index (χ0) is 21.1. The lowest BCUT2D eigenvalue weighted by Crippen LogP contribution is -2.56. The number of hydrogen-bond acceptors (Lipinski definition) is 9. The fourth-order valence-electron chi connectivity index (χ4n) is 3.70. The van der Waals surface area contributed by atoms with Gasteiger partial charge in [0, 0.05) is 63.4 Å². The first kappa shape index (κ1) is 25.2. The molecule has 10 nitrogen and oxygen atoms in total. The molecule has 0 aliphatic carbocycles. The maximum Gasteiger partial charge on any atom is 0.317 e. The van der Waals surface area contributed by atoms with Crippen LogP contribution in [0.15, 0.2) is 0 Å². The third-order valence-corrected chi connectivity index (χ3v) is 5.42. The van der Waals surface area contributed by atoms with Gasteiger partial charge in [-0.05, 0) is 27.7 Å². The Morgan fingerprint density at radius 1 is 0.893 bits per heavy atom. The van der Waals surface area contributed by atoms with E-state index in [1.807, 2.05) is 11.8 Å². The number of nitrogens with one attached hydrogen (secondary N) is 1. The number of carboxylic acids is 1. The number of hydrogen-bond donors (Lipinski definition) is 4. The molecule has 0 aromatic heterocycles. The van der Waals surface area contributed by atoms with Gasteiger partial charge in [-0.25, -0.2) is 9.78 Å². The van der Waals surface area contributed by atoms with Crippen LogP contribution in [0.25, 0.3) is 0 Å². The first-order chi connectivity index (χ1) is 13.3. The van der Waals surface area contributed by atoms with E-state index in [-0.39, 0.29) is 43.9 Å². The molecule has 0 saturated carbocycles. The smallest absolute Gasteiger partial charge is 0.317 e. The molecule has 1 aliphatic rings. The van der Waals surface area contributed by atoms with Crippen molar-refractivity contribution < 1.29 is 30.2 Å². The molecule has 1 saturated heterocycles. The van der Waals surface area contributed by atoms with E-state index in [1.54, 1.807) is 0 Å². The summed E-state index contributed by atoms with van der Waals surface area (Å²) in [5, 5.41) is 30.4. The molecule has 0 amide bonds. The molecule has 1 heterocycles. The molecule has 0 bridgehead atoms. The van der Waals surface area contributed by atoms with Crippen LogP contribution in [0.1, 0.15) is 27.7 Å². The van der Waals surface area contributed by atoms with Crippen molar-refractivity contribution in [1.29, 1.82) is 0 Å². The van der Waals surface area contributed by atoms with E-state index in [0.29, 0.717) is 26.2 Å². The van der Waals surface area contributed by atoms with E-state index >= 15 is 0 Å². The van der Waals surface area contributed by atoms with Gasteiger partial charge in [0.05, 0.1) is 19.8 Å². The van der Waals surface area contributed by atoms with Gasteiger partial charge in [-0.15, -0.1) is 0 Å². The molecule has 28 heavy (non-hydrogen) atoms. The lowest BCUT2D eigenvalue weighted by Gasteiger charge is -2.41. The fraction of sp³-hybridized carbons (Fsp3) is 0.944.